The molecule has 0 aromatic carbocycles. The predicted octanol–water partition coefficient (Wildman–Crippen LogP) is 7.10. The summed E-state index contributed by atoms with van der Waals surface area (Å²) in [4.78, 5) is 33.4. The van der Waals surface area contributed by atoms with Gasteiger partial charge in [-0.25, -0.2) is 4.57 Å². The number of ether oxygens (including phenoxy) is 2. The van der Waals surface area contributed by atoms with E-state index in [1.807, 2.05) is 0 Å². The third-order valence-electron chi connectivity index (χ3n) is 6.64. The first kappa shape index (κ1) is 41.4. The summed E-state index contributed by atoms with van der Waals surface area (Å²) in [6, 6.07) is 0. The molecule has 0 aromatic rings. The maximum absolute atomic E-state index is 12.1. The fourth-order valence-electron chi connectivity index (χ4n) is 4.12. The number of phosphoric acid groups is 1. The van der Waals surface area contributed by atoms with Crippen LogP contribution in [0.1, 0.15) is 129 Å². The van der Waals surface area contributed by atoms with Crippen molar-refractivity contribution in [3.8, 4) is 0 Å². The van der Waals surface area contributed by atoms with Crippen molar-refractivity contribution >= 4 is 19.8 Å². The Morgan fingerprint density at radius 2 is 1.07 bits per heavy atom. The molecule has 0 aliphatic rings. The van der Waals surface area contributed by atoms with Gasteiger partial charge in [-0.1, -0.05) is 95.9 Å². The van der Waals surface area contributed by atoms with Gasteiger partial charge in [-0.3, -0.25) is 18.6 Å². The minimum atomic E-state index is -4.60. The van der Waals surface area contributed by atoms with Crippen LogP contribution in [0, 0.1) is 0 Å². The van der Waals surface area contributed by atoms with Crippen LogP contribution in [0.15, 0.2) is 24.3 Å². The molecule has 3 unspecified atom stereocenters. The first-order chi connectivity index (χ1) is 20.8. The summed E-state index contributed by atoms with van der Waals surface area (Å²) in [6.07, 6.45) is 24.9. The molecule has 11 heteroatoms. The number of allylic oxidation sites excluding steroid dienone is 4. The molecular weight excluding hydrogens is 575 g/mol. The van der Waals surface area contributed by atoms with Crippen LogP contribution >= 0.6 is 7.82 Å². The zero-order valence-corrected chi connectivity index (χ0v) is 27.6. The van der Waals surface area contributed by atoms with E-state index in [2.05, 4.69) is 31.2 Å². The number of hydrogen-bond donors (Lipinski definition) is 3. The van der Waals surface area contributed by atoms with Gasteiger partial charge in [-0.15, -0.1) is 0 Å². The molecule has 0 aliphatic heterocycles. The van der Waals surface area contributed by atoms with E-state index >= 15 is 0 Å². The van der Waals surface area contributed by atoms with E-state index in [4.69, 9.17) is 18.5 Å². The SMILES string of the molecule is CCCCC/C=C\C/C=C\CCCCCCCCCCCC(=O)OC(CO)COP(=O)(O)OCC(CO)OC(=O)CCC. The molecule has 0 saturated carbocycles. The van der Waals surface area contributed by atoms with Gasteiger partial charge >= 0.3 is 19.8 Å². The number of rotatable bonds is 30. The van der Waals surface area contributed by atoms with Crippen LogP contribution in [0.5, 0.6) is 0 Å². The van der Waals surface area contributed by atoms with Crippen molar-refractivity contribution < 1.29 is 47.8 Å². The molecule has 0 spiro atoms. The van der Waals surface area contributed by atoms with Crippen molar-refractivity contribution in [2.45, 2.75) is 142 Å². The normalized spacial score (nSPS) is 14.6. The lowest BCUT2D eigenvalue weighted by molar-refractivity contribution is -0.153. The Kier molecular flexibility index (Phi) is 28.1. The lowest BCUT2D eigenvalue weighted by Gasteiger charge is -2.20. The summed E-state index contributed by atoms with van der Waals surface area (Å²) in [7, 11) is -4.60. The number of carbonyl (C=O) groups is 2. The average molecular weight is 635 g/mol. The van der Waals surface area contributed by atoms with E-state index in [1.54, 1.807) is 6.92 Å². The largest absolute Gasteiger partial charge is 0.472 e. The Labute approximate surface area is 259 Å². The molecule has 43 heavy (non-hydrogen) atoms. The molecule has 0 aliphatic carbocycles. The second-order valence-corrected chi connectivity index (χ2v) is 12.2. The summed E-state index contributed by atoms with van der Waals surface area (Å²) in [6.45, 7) is 1.72. The van der Waals surface area contributed by atoms with Gasteiger partial charge in [0.25, 0.3) is 0 Å². The number of carbonyl (C=O) groups excluding carboxylic acids is 2. The summed E-state index contributed by atoms with van der Waals surface area (Å²) in [5.74, 6) is -1.08. The van der Waals surface area contributed by atoms with Gasteiger partial charge in [0.2, 0.25) is 0 Å². The first-order valence-electron chi connectivity index (χ1n) is 16.3. The van der Waals surface area contributed by atoms with Gasteiger partial charge in [-0.2, -0.15) is 0 Å². The molecule has 252 valence electrons. The van der Waals surface area contributed by atoms with E-state index in [0.29, 0.717) is 12.8 Å². The van der Waals surface area contributed by atoms with Crippen molar-refractivity contribution in [3.05, 3.63) is 24.3 Å². The molecule has 0 saturated heterocycles. The van der Waals surface area contributed by atoms with Gasteiger partial charge in [0.1, 0.15) is 12.2 Å². The second-order valence-electron chi connectivity index (χ2n) is 10.8. The number of aliphatic hydroxyl groups is 2. The standard InChI is InChI=1S/C32H59O10P/c1-3-5-6-7-8-9-10-11-12-13-14-15-16-17-18-19-20-21-22-24-32(36)42-30(26-34)28-40-43(37,38)39-27-29(25-33)41-31(35)23-4-2/h8-9,11-12,29-30,33-34H,3-7,10,13-28H2,1-2H3,(H,37,38)/b9-8-,12-11-. The third-order valence-corrected chi connectivity index (χ3v) is 7.59. The van der Waals surface area contributed by atoms with E-state index < -0.39 is 58.4 Å². The molecular formula is C32H59O10P. The Balaban J connectivity index is 3.82. The monoisotopic (exact) mass is 634 g/mol. The Bertz CT molecular complexity index is 786. The van der Waals surface area contributed by atoms with E-state index in [0.717, 1.165) is 32.1 Å². The van der Waals surface area contributed by atoms with Gasteiger partial charge in [0.05, 0.1) is 26.4 Å². The fourth-order valence-corrected chi connectivity index (χ4v) is 4.91. The highest BCUT2D eigenvalue weighted by Gasteiger charge is 2.27. The maximum Gasteiger partial charge on any atom is 0.472 e. The van der Waals surface area contributed by atoms with E-state index in [1.165, 1.54) is 57.8 Å². The van der Waals surface area contributed by atoms with Crippen LogP contribution in [-0.2, 0) is 32.7 Å². The van der Waals surface area contributed by atoms with Crippen molar-refractivity contribution in [3.63, 3.8) is 0 Å². The molecule has 0 rings (SSSR count). The number of aliphatic hydroxyl groups excluding tert-OH is 2. The minimum Gasteiger partial charge on any atom is -0.457 e. The highest BCUT2D eigenvalue weighted by atomic mass is 31.2. The molecule has 0 bridgehead atoms. The summed E-state index contributed by atoms with van der Waals surface area (Å²) in [5.41, 5.74) is 0. The van der Waals surface area contributed by atoms with Crippen LogP contribution in [0.4, 0.5) is 0 Å². The highest BCUT2D eigenvalue weighted by molar-refractivity contribution is 7.47. The maximum atomic E-state index is 12.1. The Hall–Kier alpha value is -1.55. The average Bonchev–Trinajstić information content (AvgIpc) is 2.98. The number of unbranched alkanes of at least 4 members (excludes halogenated alkanes) is 12. The zero-order chi connectivity index (χ0) is 32.0. The lowest BCUT2D eigenvalue weighted by Crippen LogP contribution is -2.28. The van der Waals surface area contributed by atoms with Crippen molar-refractivity contribution in [1.82, 2.24) is 0 Å². The summed E-state index contributed by atoms with van der Waals surface area (Å²) in [5, 5.41) is 18.7. The van der Waals surface area contributed by atoms with Crippen LogP contribution in [0.2, 0.25) is 0 Å². The molecule has 0 radical (unpaired) electrons. The zero-order valence-electron chi connectivity index (χ0n) is 26.7. The number of esters is 2. The van der Waals surface area contributed by atoms with Crippen LogP contribution in [0.25, 0.3) is 0 Å². The predicted molar refractivity (Wildman–Crippen MR) is 168 cm³/mol. The van der Waals surface area contributed by atoms with Crippen LogP contribution in [0.3, 0.4) is 0 Å². The minimum absolute atomic E-state index is 0.143. The molecule has 3 N–H and O–H groups in total. The van der Waals surface area contributed by atoms with Crippen LogP contribution < -0.4 is 0 Å². The molecule has 0 fully saturated rings. The van der Waals surface area contributed by atoms with Gasteiger partial charge in [-0.05, 0) is 44.9 Å². The Morgan fingerprint density at radius 1 is 0.628 bits per heavy atom. The second kappa shape index (κ2) is 29.2. The van der Waals surface area contributed by atoms with Gasteiger partial charge in [0, 0.05) is 12.8 Å². The van der Waals surface area contributed by atoms with Gasteiger partial charge < -0.3 is 24.6 Å². The van der Waals surface area contributed by atoms with Crippen LogP contribution in [-0.4, -0.2) is 65.7 Å². The molecule has 3 atom stereocenters. The molecule has 0 amide bonds. The number of phosphoric ester groups is 1. The van der Waals surface area contributed by atoms with Crippen molar-refractivity contribution in [2.75, 3.05) is 26.4 Å². The first-order valence-corrected chi connectivity index (χ1v) is 17.8. The van der Waals surface area contributed by atoms with Crippen molar-refractivity contribution in [2.24, 2.45) is 0 Å². The fraction of sp³-hybridized carbons (Fsp3) is 0.812. The lowest BCUT2D eigenvalue weighted by atomic mass is 10.1. The van der Waals surface area contributed by atoms with E-state index in [-0.39, 0.29) is 12.8 Å². The summed E-state index contributed by atoms with van der Waals surface area (Å²) >= 11 is 0. The van der Waals surface area contributed by atoms with Crippen molar-refractivity contribution in [1.29, 1.82) is 0 Å². The summed E-state index contributed by atoms with van der Waals surface area (Å²) < 4.78 is 31.7. The third kappa shape index (κ3) is 27.7. The number of hydrogen-bond acceptors (Lipinski definition) is 9. The van der Waals surface area contributed by atoms with Gasteiger partial charge in [0.15, 0.2) is 0 Å². The quantitative estimate of drug-likeness (QED) is 0.0323. The van der Waals surface area contributed by atoms with E-state index in [9.17, 15) is 29.3 Å². The molecule has 0 aromatic heterocycles. The Morgan fingerprint density at radius 3 is 1.53 bits per heavy atom. The highest BCUT2D eigenvalue weighted by Crippen LogP contribution is 2.43. The molecule has 0 heterocycles. The topological polar surface area (TPSA) is 149 Å². The molecule has 10 nitrogen and oxygen atoms in total. The smallest absolute Gasteiger partial charge is 0.457 e.